The second kappa shape index (κ2) is 6.04. The van der Waals surface area contributed by atoms with Crippen LogP contribution >= 0.6 is 0 Å². The van der Waals surface area contributed by atoms with Crippen molar-refractivity contribution in [3.8, 4) is 0 Å². The first-order valence-corrected chi connectivity index (χ1v) is 6.54. The first-order chi connectivity index (χ1) is 9.18. The predicted octanol–water partition coefficient (Wildman–Crippen LogP) is 1.87. The van der Waals surface area contributed by atoms with E-state index in [-0.39, 0.29) is 24.0 Å². The number of aromatic nitrogens is 1. The zero-order chi connectivity index (χ0) is 15.5. The molecule has 0 aromatic carbocycles. The number of nitrogens with zero attached hydrogens (tertiary/aromatic N) is 2. The molecule has 0 saturated carbocycles. The van der Waals surface area contributed by atoms with Crippen molar-refractivity contribution in [1.82, 2.24) is 9.88 Å². The predicted molar refractivity (Wildman–Crippen MR) is 74.7 cm³/mol. The van der Waals surface area contributed by atoms with E-state index in [0.29, 0.717) is 6.42 Å². The first kappa shape index (κ1) is 16.2. The number of nitrogens with one attached hydrogen (secondary N) is 1. The summed E-state index contributed by atoms with van der Waals surface area (Å²) < 4.78 is 1.55. The van der Waals surface area contributed by atoms with E-state index in [2.05, 4.69) is 5.32 Å². The third-order valence-corrected chi connectivity index (χ3v) is 3.23. The summed E-state index contributed by atoms with van der Waals surface area (Å²) >= 11 is 0. The monoisotopic (exact) mass is 283 g/mol. The van der Waals surface area contributed by atoms with Gasteiger partial charge in [-0.15, -0.1) is 0 Å². The van der Waals surface area contributed by atoms with E-state index in [0.717, 1.165) is 0 Å². The maximum absolute atomic E-state index is 12.1. The topological polar surface area (TPSA) is 97.4 Å². The standard InChI is InChI=1S/C13H21N3O4/c1-5-13(4,18)8-14-12(17)11-6-10(16(19)20)7-15(11)9(2)3/h6-7,9,18H,5,8H2,1-4H3,(H,14,17). The molecule has 1 amide bonds. The number of aliphatic hydroxyl groups is 1. The van der Waals surface area contributed by atoms with Crippen molar-refractivity contribution in [2.75, 3.05) is 6.54 Å². The van der Waals surface area contributed by atoms with E-state index < -0.39 is 16.4 Å². The third-order valence-electron chi connectivity index (χ3n) is 3.23. The molecule has 1 atom stereocenters. The van der Waals surface area contributed by atoms with Gasteiger partial charge in [0.15, 0.2) is 0 Å². The Balaban J connectivity index is 2.94. The summed E-state index contributed by atoms with van der Waals surface area (Å²) in [5.41, 5.74) is -0.888. The molecule has 0 radical (unpaired) electrons. The lowest BCUT2D eigenvalue weighted by atomic mass is 10.0. The largest absolute Gasteiger partial charge is 0.388 e. The molecule has 7 nitrogen and oxygen atoms in total. The average molecular weight is 283 g/mol. The van der Waals surface area contributed by atoms with Crippen molar-refractivity contribution in [2.24, 2.45) is 0 Å². The summed E-state index contributed by atoms with van der Waals surface area (Å²) in [7, 11) is 0. The molecule has 0 aliphatic carbocycles. The molecule has 1 heterocycles. The first-order valence-electron chi connectivity index (χ1n) is 6.54. The van der Waals surface area contributed by atoms with Crippen LogP contribution in [0.5, 0.6) is 0 Å². The normalized spacial score (nSPS) is 14.1. The molecule has 7 heteroatoms. The number of amides is 1. The van der Waals surface area contributed by atoms with E-state index in [4.69, 9.17) is 0 Å². The number of carbonyl (C=O) groups excluding carboxylic acids is 1. The molecule has 1 aromatic heterocycles. The number of hydrogen-bond donors (Lipinski definition) is 2. The minimum Gasteiger partial charge on any atom is -0.388 e. The molecule has 1 rings (SSSR count). The SMILES string of the molecule is CCC(C)(O)CNC(=O)c1cc([N+](=O)[O-])cn1C(C)C. The Morgan fingerprint density at radius 1 is 1.60 bits per heavy atom. The van der Waals surface area contributed by atoms with Crippen LogP contribution in [-0.4, -0.2) is 32.6 Å². The zero-order valence-electron chi connectivity index (χ0n) is 12.2. The van der Waals surface area contributed by atoms with Crippen LogP contribution in [0.4, 0.5) is 5.69 Å². The van der Waals surface area contributed by atoms with Crippen molar-refractivity contribution in [3.05, 3.63) is 28.1 Å². The molecule has 0 bridgehead atoms. The van der Waals surface area contributed by atoms with Crippen molar-refractivity contribution in [3.63, 3.8) is 0 Å². The minimum absolute atomic E-state index is 0.0730. The zero-order valence-corrected chi connectivity index (χ0v) is 12.2. The van der Waals surface area contributed by atoms with Gasteiger partial charge in [-0.25, -0.2) is 0 Å². The highest BCUT2D eigenvalue weighted by Gasteiger charge is 2.23. The molecule has 20 heavy (non-hydrogen) atoms. The van der Waals surface area contributed by atoms with Gasteiger partial charge in [0, 0.05) is 18.7 Å². The molecule has 0 saturated heterocycles. The minimum atomic E-state index is -0.989. The summed E-state index contributed by atoms with van der Waals surface area (Å²) in [5, 5.41) is 23.3. The lowest BCUT2D eigenvalue weighted by Crippen LogP contribution is -2.40. The van der Waals surface area contributed by atoms with Gasteiger partial charge in [0.2, 0.25) is 0 Å². The molecular weight excluding hydrogens is 262 g/mol. The van der Waals surface area contributed by atoms with E-state index in [1.54, 1.807) is 11.5 Å². The van der Waals surface area contributed by atoms with Crippen LogP contribution < -0.4 is 5.32 Å². The van der Waals surface area contributed by atoms with Crippen molar-refractivity contribution in [2.45, 2.75) is 45.8 Å². The Bertz CT molecular complexity index is 506. The van der Waals surface area contributed by atoms with Gasteiger partial charge in [-0.05, 0) is 27.2 Å². The van der Waals surface area contributed by atoms with Crippen molar-refractivity contribution >= 4 is 11.6 Å². The van der Waals surface area contributed by atoms with Crippen LogP contribution in [0.1, 0.15) is 50.6 Å². The molecule has 2 N–H and O–H groups in total. The van der Waals surface area contributed by atoms with Gasteiger partial charge in [0.05, 0.1) is 16.7 Å². The summed E-state index contributed by atoms with van der Waals surface area (Å²) in [5.74, 6) is -0.430. The van der Waals surface area contributed by atoms with Crippen LogP contribution in [-0.2, 0) is 0 Å². The second-order valence-corrected chi connectivity index (χ2v) is 5.37. The second-order valence-electron chi connectivity index (χ2n) is 5.37. The van der Waals surface area contributed by atoms with Gasteiger partial charge in [-0.3, -0.25) is 14.9 Å². The number of nitro groups is 1. The van der Waals surface area contributed by atoms with Crippen LogP contribution in [0.25, 0.3) is 0 Å². The van der Waals surface area contributed by atoms with E-state index in [9.17, 15) is 20.0 Å². The maximum Gasteiger partial charge on any atom is 0.287 e. The molecule has 1 aromatic rings. The lowest BCUT2D eigenvalue weighted by molar-refractivity contribution is -0.384. The van der Waals surface area contributed by atoms with E-state index in [1.165, 1.54) is 12.3 Å². The number of hydrogen-bond acceptors (Lipinski definition) is 4. The van der Waals surface area contributed by atoms with Crippen LogP contribution in [0.3, 0.4) is 0 Å². The quantitative estimate of drug-likeness (QED) is 0.615. The fraction of sp³-hybridized carbons (Fsp3) is 0.615. The van der Waals surface area contributed by atoms with Gasteiger partial charge in [-0.1, -0.05) is 6.92 Å². The fourth-order valence-corrected chi connectivity index (χ4v) is 1.66. The van der Waals surface area contributed by atoms with Gasteiger partial charge < -0.3 is 15.0 Å². The molecule has 1 unspecified atom stereocenters. The van der Waals surface area contributed by atoms with Gasteiger partial charge in [0.25, 0.3) is 11.6 Å². The Hall–Kier alpha value is -1.89. The molecule has 0 aliphatic heterocycles. The van der Waals surface area contributed by atoms with Crippen LogP contribution in [0.15, 0.2) is 12.3 Å². The summed E-state index contributed by atoms with van der Waals surface area (Å²) in [6.45, 7) is 7.20. The molecular formula is C13H21N3O4. The summed E-state index contributed by atoms with van der Waals surface area (Å²) in [6, 6.07) is 1.17. The highest BCUT2D eigenvalue weighted by atomic mass is 16.6. The molecule has 0 fully saturated rings. The van der Waals surface area contributed by atoms with Gasteiger partial charge >= 0.3 is 0 Å². The fourth-order valence-electron chi connectivity index (χ4n) is 1.66. The Kier molecular flexibility index (Phi) is 4.88. The van der Waals surface area contributed by atoms with Crippen molar-refractivity contribution < 1.29 is 14.8 Å². The van der Waals surface area contributed by atoms with Gasteiger partial charge in [0.1, 0.15) is 5.69 Å². The number of rotatable bonds is 6. The van der Waals surface area contributed by atoms with Crippen molar-refractivity contribution in [1.29, 1.82) is 0 Å². The highest BCUT2D eigenvalue weighted by molar-refractivity contribution is 5.93. The maximum atomic E-state index is 12.1. The smallest absolute Gasteiger partial charge is 0.287 e. The van der Waals surface area contributed by atoms with E-state index >= 15 is 0 Å². The highest BCUT2D eigenvalue weighted by Crippen LogP contribution is 2.20. The molecule has 0 spiro atoms. The van der Waals surface area contributed by atoms with Crippen LogP contribution in [0.2, 0.25) is 0 Å². The van der Waals surface area contributed by atoms with E-state index in [1.807, 2.05) is 20.8 Å². The Labute approximate surface area is 117 Å². The molecule has 0 aliphatic rings. The lowest BCUT2D eigenvalue weighted by Gasteiger charge is -2.22. The van der Waals surface area contributed by atoms with Gasteiger partial charge in [-0.2, -0.15) is 0 Å². The summed E-state index contributed by atoms with van der Waals surface area (Å²) in [4.78, 5) is 22.4. The third kappa shape index (κ3) is 3.80. The number of carbonyl (C=O) groups is 1. The van der Waals surface area contributed by atoms with Crippen LogP contribution in [0, 0.1) is 10.1 Å². The Morgan fingerprint density at radius 3 is 2.65 bits per heavy atom. The Morgan fingerprint density at radius 2 is 2.20 bits per heavy atom. The average Bonchev–Trinajstić information content (AvgIpc) is 2.81. The molecule has 112 valence electrons. The summed E-state index contributed by atoms with van der Waals surface area (Å²) in [6.07, 6.45) is 1.84.